The minimum absolute atomic E-state index is 0.167. The Bertz CT molecular complexity index is 588. The quantitative estimate of drug-likeness (QED) is 0.895. The molecule has 1 aromatic heterocycles. The van der Waals surface area contributed by atoms with Crippen LogP contribution in [-0.4, -0.2) is 16.3 Å². The lowest BCUT2D eigenvalue weighted by molar-refractivity contribution is 0.577. The number of aromatic nitrogens is 2. The van der Waals surface area contributed by atoms with Gasteiger partial charge in [-0.3, -0.25) is 4.68 Å². The third-order valence-corrected chi connectivity index (χ3v) is 3.84. The van der Waals surface area contributed by atoms with Crippen molar-refractivity contribution in [3.05, 3.63) is 47.3 Å². The van der Waals surface area contributed by atoms with Crippen LogP contribution in [0.3, 0.4) is 0 Å². The zero-order chi connectivity index (χ0) is 13.4. The summed E-state index contributed by atoms with van der Waals surface area (Å²) in [4.78, 5) is 2.40. The van der Waals surface area contributed by atoms with Crippen LogP contribution in [-0.2, 0) is 13.6 Å². The molecule has 1 unspecified atom stereocenters. The number of hydrogen-bond acceptors (Lipinski definition) is 3. The number of anilines is 1. The van der Waals surface area contributed by atoms with Crippen LogP contribution < -0.4 is 10.6 Å². The van der Waals surface area contributed by atoms with E-state index in [0.717, 1.165) is 25.2 Å². The van der Waals surface area contributed by atoms with E-state index in [2.05, 4.69) is 40.3 Å². The summed E-state index contributed by atoms with van der Waals surface area (Å²) in [5, 5.41) is 4.41. The lowest BCUT2D eigenvalue weighted by Crippen LogP contribution is -2.33. The predicted octanol–water partition coefficient (Wildman–Crippen LogP) is 2.14. The molecular weight excluding hydrogens is 236 g/mol. The van der Waals surface area contributed by atoms with Crippen molar-refractivity contribution in [2.45, 2.75) is 25.9 Å². The molecule has 4 nitrogen and oxygen atoms in total. The van der Waals surface area contributed by atoms with Crippen LogP contribution in [0.1, 0.15) is 29.4 Å². The Kier molecular flexibility index (Phi) is 3.03. The number of benzene rings is 1. The Morgan fingerprint density at radius 3 is 2.89 bits per heavy atom. The van der Waals surface area contributed by atoms with Gasteiger partial charge in [-0.05, 0) is 31.0 Å². The van der Waals surface area contributed by atoms with Gasteiger partial charge in [0, 0.05) is 25.3 Å². The molecule has 2 N–H and O–H groups in total. The molecular formula is C15H20N4. The van der Waals surface area contributed by atoms with Gasteiger partial charge in [0.1, 0.15) is 0 Å². The molecule has 0 aliphatic carbocycles. The van der Waals surface area contributed by atoms with Gasteiger partial charge in [0.25, 0.3) is 0 Å². The minimum Gasteiger partial charge on any atom is -0.365 e. The topological polar surface area (TPSA) is 47.1 Å². The molecule has 0 saturated heterocycles. The summed E-state index contributed by atoms with van der Waals surface area (Å²) in [6.45, 7) is 3.92. The second-order valence-electron chi connectivity index (χ2n) is 5.28. The zero-order valence-corrected chi connectivity index (χ0v) is 11.5. The number of fused-ring (bicyclic) bond motifs is 1. The van der Waals surface area contributed by atoms with Crippen molar-refractivity contribution in [2.24, 2.45) is 12.8 Å². The second-order valence-corrected chi connectivity index (χ2v) is 5.28. The Labute approximate surface area is 113 Å². The summed E-state index contributed by atoms with van der Waals surface area (Å²) in [5.74, 6) is 0. The summed E-state index contributed by atoms with van der Waals surface area (Å²) >= 11 is 0. The van der Waals surface area contributed by atoms with Gasteiger partial charge >= 0.3 is 0 Å². The number of hydrogen-bond donors (Lipinski definition) is 1. The molecule has 3 rings (SSSR count). The van der Waals surface area contributed by atoms with Gasteiger partial charge in [0.15, 0.2) is 0 Å². The van der Waals surface area contributed by atoms with Crippen molar-refractivity contribution in [3.63, 3.8) is 0 Å². The first kappa shape index (κ1) is 12.2. The van der Waals surface area contributed by atoms with Crippen LogP contribution >= 0.6 is 0 Å². The molecule has 1 aliphatic heterocycles. The minimum atomic E-state index is 0.167. The molecule has 19 heavy (non-hydrogen) atoms. The molecule has 0 fully saturated rings. The molecule has 0 radical (unpaired) electrons. The molecule has 0 bridgehead atoms. The molecule has 4 heteroatoms. The maximum Gasteiger partial charge on any atom is 0.0599 e. The van der Waals surface area contributed by atoms with Crippen LogP contribution in [0.4, 0.5) is 5.69 Å². The first-order chi connectivity index (χ1) is 9.15. The zero-order valence-electron chi connectivity index (χ0n) is 11.5. The fourth-order valence-electron chi connectivity index (χ4n) is 2.83. The van der Waals surface area contributed by atoms with Gasteiger partial charge in [-0.1, -0.05) is 18.2 Å². The third-order valence-electron chi connectivity index (χ3n) is 3.84. The lowest BCUT2D eigenvalue weighted by Gasteiger charge is -2.34. The third kappa shape index (κ3) is 2.24. The van der Waals surface area contributed by atoms with Gasteiger partial charge in [-0.15, -0.1) is 0 Å². The van der Waals surface area contributed by atoms with Gasteiger partial charge < -0.3 is 10.6 Å². The Balaban J connectivity index is 1.91. The van der Waals surface area contributed by atoms with E-state index in [0.29, 0.717) is 0 Å². The number of para-hydroxylation sites is 1. The van der Waals surface area contributed by atoms with Crippen LogP contribution in [0.5, 0.6) is 0 Å². The van der Waals surface area contributed by atoms with E-state index >= 15 is 0 Å². The highest BCUT2D eigenvalue weighted by Gasteiger charge is 2.22. The predicted molar refractivity (Wildman–Crippen MR) is 77.0 cm³/mol. The van der Waals surface area contributed by atoms with Gasteiger partial charge in [-0.2, -0.15) is 5.10 Å². The Morgan fingerprint density at radius 1 is 1.37 bits per heavy atom. The standard InChI is InChI=1S/C15H20N4/c1-11-9-12(18(2)17-11)10-19-8-7-14(16)13-5-3-4-6-15(13)19/h3-6,9,14H,7-8,10,16H2,1-2H3. The van der Waals surface area contributed by atoms with Crippen molar-refractivity contribution in [1.29, 1.82) is 0 Å². The van der Waals surface area contributed by atoms with Crippen molar-refractivity contribution >= 4 is 5.69 Å². The highest BCUT2D eigenvalue weighted by atomic mass is 15.3. The van der Waals surface area contributed by atoms with E-state index in [1.54, 1.807) is 0 Å². The van der Waals surface area contributed by atoms with E-state index < -0.39 is 0 Å². The highest BCUT2D eigenvalue weighted by molar-refractivity contribution is 5.57. The maximum absolute atomic E-state index is 6.19. The highest BCUT2D eigenvalue weighted by Crippen LogP contribution is 2.32. The molecule has 2 aromatic rings. The van der Waals surface area contributed by atoms with Crippen LogP contribution in [0.2, 0.25) is 0 Å². The number of nitrogens with two attached hydrogens (primary N) is 1. The molecule has 1 aliphatic rings. The first-order valence-corrected chi connectivity index (χ1v) is 6.74. The molecule has 2 heterocycles. The molecule has 1 aromatic carbocycles. The Hall–Kier alpha value is -1.81. The van der Waals surface area contributed by atoms with Crippen LogP contribution in [0, 0.1) is 6.92 Å². The summed E-state index contributed by atoms with van der Waals surface area (Å²) in [5.41, 5.74) is 11.0. The van der Waals surface area contributed by atoms with Crippen molar-refractivity contribution < 1.29 is 0 Å². The SMILES string of the molecule is Cc1cc(CN2CCC(N)c3ccccc32)n(C)n1. The van der Waals surface area contributed by atoms with E-state index in [4.69, 9.17) is 5.73 Å². The molecule has 100 valence electrons. The monoisotopic (exact) mass is 256 g/mol. The van der Waals surface area contributed by atoms with Crippen LogP contribution in [0.25, 0.3) is 0 Å². The van der Waals surface area contributed by atoms with Crippen molar-refractivity contribution in [3.8, 4) is 0 Å². The number of rotatable bonds is 2. The molecule has 0 amide bonds. The smallest absolute Gasteiger partial charge is 0.0599 e. The first-order valence-electron chi connectivity index (χ1n) is 6.74. The normalized spacial score (nSPS) is 18.5. The molecule has 0 saturated carbocycles. The van der Waals surface area contributed by atoms with E-state index in [1.807, 2.05) is 18.7 Å². The average Bonchev–Trinajstić information content (AvgIpc) is 2.72. The van der Waals surface area contributed by atoms with Gasteiger partial charge in [0.05, 0.1) is 17.9 Å². The molecule has 0 spiro atoms. The number of nitrogens with zero attached hydrogens (tertiary/aromatic N) is 3. The van der Waals surface area contributed by atoms with E-state index in [-0.39, 0.29) is 6.04 Å². The van der Waals surface area contributed by atoms with Gasteiger partial charge in [0.2, 0.25) is 0 Å². The Morgan fingerprint density at radius 2 is 2.16 bits per heavy atom. The van der Waals surface area contributed by atoms with Crippen molar-refractivity contribution in [2.75, 3.05) is 11.4 Å². The summed E-state index contributed by atoms with van der Waals surface area (Å²) in [6, 6.07) is 10.8. The summed E-state index contributed by atoms with van der Waals surface area (Å²) in [7, 11) is 2.00. The fraction of sp³-hybridized carbons (Fsp3) is 0.400. The summed E-state index contributed by atoms with van der Waals surface area (Å²) in [6.07, 6.45) is 1.01. The second kappa shape index (κ2) is 4.70. The maximum atomic E-state index is 6.19. The lowest BCUT2D eigenvalue weighted by atomic mass is 9.97. The van der Waals surface area contributed by atoms with E-state index in [1.165, 1.54) is 16.9 Å². The van der Waals surface area contributed by atoms with E-state index in [9.17, 15) is 0 Å². The van der Waals surface area contributed by atoms with Gasteiger partial charge in [-0.25, -0.2) is 0 Å². The van der Waals surface area contributed by atoms with Crippen molar-refractivity contribution in [1.82, 2.24) is 9.78 Å². The fourth-order valence-corrected chi connectivity index (χ4v) is 2.83. The molecule has 1 atom stereocenters. The summed E-state index contributed by atoms with van der Waals surface area (Å²) < 4.78 is 1.96. The largest absolute Gasteiger partial charge is 0.365 e. The number of aryl methyl sites for hydroxylation is 2. The average molecular weight is 256 g/mol. The van der Waals surface area contributed by atoms with Crippen LogP contribution in [0.15, 0.2) is 30.3 Å².